The van der Waals surface area contributed by atoms with Crippen LogP contribution in [-0.4, -0.2) is 25.2 Å². The molecule has 7 nitrogen and oxygen atoms in total. The van der Waals surface area contributed by atoms with Crippen LogP contribution in [0.5, 0.6) is 11.5 Å². The third-order valence-electron chi connectivity index (χ3n) is 5.42. The van der Waals surface area contributed by atoms with Crippen molar-refractivity contribution in [2.75, 3.05) is 0 Å². The van der Waals surface area contributed by atoms with Gasteiger partial charge in [0.05, 0.1) is 33.8 Å². The Morgan fingerprint density at radius 2 is 1.16 bits per heavy atom. The summed E-state index contributed by atoms with van der Waals surface area (Å²) in [5.41, 5.74) is 0.00424. The zero-order valence-electron chi connectivity index (χ0n) is 16.2. The summed E-state index contributed by atoms with van der Waals surface area (Å²) in [6.07, 6.45) is 1.53. The molecule has 0 aliphatic heterocycles. The fourth-order valence-electron chi connectivity index (χ4n) is 4.00. The number of rotatable bonds is 3. The summed E-state index contributed by atoms with van der Waals surface area (Å²) in [4.78, 5) is 36.0. The molecule has 0 spiro atoms. The van der Waals surface area contributed by atoms with Crippen LogP contribution in [0.3, 0.4) is 0 Å². The summed E-state index contributed by atoms with van der Waals surface area (Å²) >= 11 is 0. The molecule has 7 heteroatoms. The SMILES string of the molecule is O=c1[nH]c2ccccc2c(O)c1C(c1ccccn1)c1c(O)c2ccccc2[nH]c1=O. The fourth-order valence-corrected chi connectivity index (χ4v) is 4.00. The molecule has 0 saturated heterocycles. The van der Waals surface area contributed by atoms with Gasteiger partial charge in [0.25, 0.3) is 11.1 Å². The van der Waals surface area contributed by atoms with E-state index in [1.807, 2.05) is 0 Å². The summed E-state index contributed by atoms with van der Waals surface area (Å²) < 4.78 is 0. The third kappa shape index (κ3) is 2.95. The summed E-state index contributed by atoms with van der Waals surface area (Å²) in [5.74, 6) is -1.62. The van der Waals surface area contributed by atoms with Crippen molar-refractivity contribution in [3.8, 4) is 11.5 Å². The maximum atomic E-state index is 13.1. The molecule has 0 radical (unpaired) electrons. The Hall–Kier alpha value is -4.39. The standard InChI is InChI=1S/C24H17N3O4/c28-21-13-7-1-3-9-15(13)26-23(30)19(21)18(17-11-5-6-12-25-17)20-22(29)14-8-2-4-10-16(14)27-24(20)31/h1-12,18H,(H2,26,28,30)(H2,27,29,31). The molecule has 5 aromatic rings. The van der Waals surface area contributed by atoms with Crippen molar-refractivity contribution in [1.82, 2.24) is 15.0 Å². The number of hydrogen-bond donors (Lipinski definition) is 4. The summed E-state index contributed by atoms with van der Waals surface area (Å²) in [7, 11) is 0. The maximum Gasteiger partial charge on any atom is 0.256 e. The van der Waals surface area contributed by atoms with E-state index in [0.717, 1.165) is 0 Å². The molecule has 4 N–H and O–H groups in total. The lowest BCUT2D eigenvalue weighted by molar-refractivity contribution is 0.462. The van der Waals surface area contributed by atoms with E-state index in [-0.39, 0.29) is 22.6 Å². The van der Waals surface area contributed by atoms with Gasteiger partial charge in [0.2, 0.25) is 0 Å². The average Bonchev–Trinajstić information content (AvgIpc) is 2.78. The van der Waals surface area contributed by atoms with Crippen molar-refractivity contribution < 1.29 is 10.2 Å². The van der Waals surface area contributed by atoms with E-state index < -0.39 is 17.0 Å². The van der Waals surface area contributed by atoms with E-state index in [1.54, 1.807) is 66.7 Å². The lowest BCUT2D eigenvalue weighted by atomic mass is 9.86. The zero-order chi connectivity index (χ0) is 21.5. The largest absolute Gasteiger partial charge is 0.507 e. The molecule has 2 aromatic carbocycles. The highest BCUT2D eigenvalue weighted by molar-refractivity contribution is 5.88. The van der Waals surface area contributed by atoms with Gasteiger partial charge in [-0.05, 0) is 36.4 Å². The maximum absolute atomic E-state index is 13.1. The van der Waals surface area contributed by atoms with Crippen molar-refractivity contribution in [2.45, 2.75) is 5.92 Å². The molecule has 0 aliphatic rings. The Labute approximate surface area is 175 Å². The van der Waals surface area contributed by atoms with E-state index in [9.17, 15) is 19.8 Å². The zero-order valence-corrected chi connectivity index (χ0v) is 16.2. The molecule has 3 heterocycles. The number of H-pyrrole nitrogens is 2. The Kier molecular flexibility index (Phi) is 4.29. The van der Waals surface area contributed by atoms with Gasteiger partial charge in [-0.15, -0.1) is 0 Å². The fraction of sp³-hybridized carbons (Fsp3) is 0.0417. The van der Waals surface area contributed by atoms with Crippen LogP contribution in [0.4, 0.5) is 0 Å². The van der Waals surface area contributed by atoms with E-state index in [0.29, 0.717) is 27.5 Å². The number of para-hydroxylation sites is 2. The van der Waals surface area contributed by atoms with Crippen LogP contribution >= 0.6 is 0 Å². The smallest absolute Gasteiger partial charge is 0.256 e. The van der Waals surface area contributed by atoms with Crippen molar-refractivity contribution in [2.24, 2.45) is 0 Å². The molecule has 5 rings (SSSR count). The second kappa shape index (κ2) is 7.14. The van der Waals surface area contributed by atoms with Gasteiger partial charge in [-0.1, -0.05) is 30.3 Å². The van der Waals surface area contributed by atoms with Gasteiger partial charge in [0, 0.05) is 17.0 Å². The van der Waals surface area contributed by atoms with Gasteiger partial charge in [-0.2, -0.15) is 0 Å². The summed E-state index contributed by atoms with van der Waals surface area (Å²) in [6, 6.07) is 18.7. The molecule has 0 amide bonds. The number of aromatic nitrogens is 3. The Bertz CT molecular complexity index is 1460. The summed E-state index contributed by atoms with van der Waals surface area (Å²) in [6.45, 7) is 0. The van der Waals surface area contributed by atoms with Crippen LogP contribution in [-0.2, 0) is 0 Å². The number of aromatic hydroxyl groups is 2. The van der Waals surface area contributed by atoms with Crippen LogP contribution in [0.25, 0.3) is 21.8 Å². The lowest BCUT2D eigenvalue weighted by Gasteiger charge is -2.20. The first-order valence-corrected chi connectivity index (χ1v) is 9.65. The van der Waals surface area contributed by atoms with Crippen LogP contribution < -0.4 is 11.1 Å². The minimum Gasteiger partial charge on any atom is -0.507 e. The van der Waals surface area contributed by atoms with E-state index in [2.05, 4.69) is 15.0 Å². The predicted molar refractivity (Wildman–Crippen MR) is 118 cm³/mol. The molecule has 31 heavy (non-hydrogen) atoms. The number of nitrogens with zero attached hydrogens (tertiary/aromatic N) is 1. The number of benzene rings is 2. The van der Waals surface area contributed by atoms with Crippen molar-refractivity contribution in [1.29, 1.82) is 0 Å². The van der Waals surface area contributed by atoms with Gasteiger partial charge in [0.1, 0.15) is 11.5 Å². The number of fused-ring (bicyclic) bond motifs is 2. The van der Waals surface area contributed by atoms with Crippen LogP contribution in [0.15, 0.2) is 82.5 Å². The van der Waals surface area contributed by atoms with Crippen molar-refractivity contribution >= 4 is 21.8 Å². The van der Waals surface area contributed by atoms with Crippen LogP contribution in [0.2, 0.25) is 0 Å². The molecule has 152 valence electrons. The second-order valence-electron chi connectivity index (χ2n) is 7.21. The molecule has 0 aliphatic carbocycles. The molecule has 0 fully saturated rings. The minimum atomic E-state index is -1.09. The van der Waals surface area contributed by atoms with E-state index in [1.165, 1.54) is 6.20 Å². The lowest BCUT2D eigenvalue weighted by Crippen LogP contribution is -2.25. The van der Waals surface area contributed by atoms with Gasteiger partial charge < -0.3 is 20.2 Å². The van der Waals surface area contributed by atoms with Crippen molar-refractivity contribution in [3.05, 3.63) is 110 Å². The Morgan fingerprint density at radius 1 is 0.677 bits per heavy atom. The Morgan fingerprint density at radius 3 is 1.65 bits per heavy atom. The normalized spacial score (nSPS) is 11.4. The Balaban J connectivity index is 1.91. The number of hydrogen-bond acceptors (Lipinski definition) is 5. The highest BCUT2D eigenvalue weighted by atomic mass is 16.3. The predicted octanol–water partition coefficient (Wildman–Crippen LogP) is 3.36. The van der Waals surface area contributed by atoms with Gasteiger partial charge in [-0.3, -0.25) is 14.6 Å². The highest BCUT2D eigenvalue weighted by Crippen LogP contribution is 2.40. The van der Waals surface area contributed by atoms with Gasteiger partial charge in [0.15, 0.2) is 0 Å². The highest BCUT2D eigenvalue weighted by Gasteiger charge is 2.31. The molecule has 3 aromatic heterocycles. The monoisotopic (exact) mass is 411 g/mol. The number of pyridine rings is 3. The first kappa shape index (κ1) is 18.6. The molecular formula is C24H17N3O4. The molecule has 0 saturated carbocycles. The van der Waals surface area contributed by atoms with Gasteiger partial charge >= 0.3 is 0 Å². The summed E-state index contributed by atoms with van der Waals surface area (Å²) in [5, 5.41) is 23.0. The first-order chi connectivity index (χ1) is 15.1. The first-order valence-electron chi connectivity index (χ1n) is 9.65. The molecule has 0 atom stereocenters. The number of aromatic amines is 2. The molecule has 0 unspecified atom stereocenters. The minimum absolute atomic E-state index is 0.0616. The molecular weight excluding hydrogens is 394 g/mol. The topological polar surface area (TPSA) is 119 Å². The van der Waals surface area contributed by atoms with Crippen LogP contribution in [0.1, 0.15) is 22.7 Å². The van der Waals surface area contributed by atoms with E-state index in [4.69, 9.17) is 0 Å². The number of nitrogens with one attached hydrogen (secondary N) is 2. The third-order valence-corrected chi connectivity index (χ3v) is 5.42. The van der Waals surface area contributed by atoms with Crippen LogP contribution in [0, 0.1) is 0 Å². The average molecular weight is 411 g/mol. The van der Waals surface area contributed by atoms with E-state index >= 15 is 0 Å². The second-order valence-corrected chi connectivity index (χ2v) is 7.21. The quantitative estimate of drug-likeness (QED) is 0.363. The van der Waals surface area contributed by atoms with Crippen molar-refractivity contribution in [3.63, 3.8) is 0 Å². The van der Waals surface area contributed by atoms with Gasteiger partial charge in [-0.25, -0.2) is 0 Å². The molecule has 0 bridgehead atoms.